The van der Waals surface area contributed by atoms with Crippen LogP contribution in [0.25, 0.3) is 0 Å². The van der Waals surface area contributed by atoms with Gasteiger partial charge in [-0.15, -0.1) is 0 Å². The Kier molecular flexibility index (Phi) is 7.33. The first-order chi connectivity index (χ1) is 7.77. The molecule has 0 aromatic heterocycles. The van der Waals surface area contributed by atoms with Gasteiger partial charge in [0.1, 0.15) is 0 Å². The molecule has 0 aliphatic heterocycles. The van der Waals surface area contributed by atoms with E-state index in [1.807, 2.05) is 0 Å². The molecular weight excluding hydrogens is 332 g/mol. The second-order valence-electron chi connectivity index (χ2n) is 3.77. The molecule has 0 radical (unpaired) electrons. The largest absolute Gasteiger partial charge is 0.373 e. The fraction of sp³-hybridized carbons (Fsp3) is 0.538. The summed E-state index contributed by atoms with van der Waals surface area (Å²) in [5, 5.41) is 0.848. The van der Waals surface area contributed by atoms with Crippen molar-refractivity contribution in [3.05, 3.63) is 34.3 Å². The van der Waals surface area contributed by atoms with Crippen LogP contribution in [0.1, 0.15) is 37.9 Å². The molecule has 90 valence electrons. The van der Waals surface area contributed by atoms with Crippen molar-refractivity contribution in [1.82, 2.24) is 0 Å². The van der Waals surface area contributed by atoms with Gasteiger partial charge in [-0.3, -0.25) is 0 Å². The minimum absolute atomic E-state index is 0.171. The minimum atomic E-state index is 0.171. The van der Waals surface area contributed by atoms with Gasteiger partial charge in [-0.1, -0.05) is 63.8 Å². The molecule has 0 fully saturated rings. The molecule has 1 aromatic rings. The molecule has 0 spiro atoms. The molecule has 0 bridgehead atoms. The highest BCUT2D eigenvalue weighted by Crippen LogP contribution is 2.22. The summed E-state index contributed by atoms with van der Waals surface area (Å²) in [6.07, 6.45) is 3.80. The van der Waals surface area contributed by atoms with E-state index in [9.17, 15) is 0 Å². The summed E-state index contributed by atoms with van der Waals surface area (Å²) in [4.78, 5) is 0. The van der Waals surface area contributed by atoms with Crippen LogP contribution in [-0.4, -0.2) is 11.9 Å². The molecule has 0 saturated carbocycles. The fourth-order valence-corrected chi connectivity index (χ4v) is 2.31. The standard InChI is InChI=1S/C13H18Br2O/c1-2-3-4-9-16-13(10-14)11-5-7-12(15)8-6-11/h5-8,13H,2-4,9-10H2,1H3. The van der Waals surface area contributed by atoms with Crippen molar-refractivity contribution in [2.45, 2.75) is 32.3 Å². The van der Waals surface area contributed by atoms with Crippen molar-refractivity contribution in [2.75, 3.05) is 11.9 Å². The van der Waals surface area contributed by atoms with Gasteiger partial charge in [-0.25, -0.2) is 0 Å². The van der Waals surface area contributed by atoms with Crippen LogP contribution in [-0.2, 0) is 4.74 Å². The molecule has 1 unspecified atom stereocenters. The molecule has 0 N–H and O–H groups in total. The van der Waals surface area contributed by atoms with E-state index >= 15 is 0 Å². The van der Waals surface area contributed by atoms with Crippen LogP contribution in [0.15, 0.2) is 28.7 Å². The predicted molar refractivity (Wildman–Crippen MR) is 76.2 cm³/mol. The lowest BCUT2D eigenvalue weighted by atomic mass is 10.1. The van der Waals surface area contributed by atoms with Gasteiger partial charge in [0.05, 0.1) is 6.10 Å². The predicted octanol–water partition coefficient (Wildman–Crippen LogP) is 5.09. The molecule has 16 heavy (non-hydrogen) atoms. The van der Waals surface area contributed by atoms with Gasteiger partial charge in [-0.2, -0.15) is 0 Å². The SMILES string of the molecule is CCCCCOC(CBr)c1ccc(Br)cc1. The summed E-state index contributed by atoms with van der Waals surface area (Å²) in [5.74, 6) is 0. The summed E-state index contributed by atoms with van der Waals surface area (Å²) in [7, 11) is 0. The highest BCUT2D eigenvalue weighted by Gasteiger charge is 2.09. The fourth-order valence-electron chi connectivity index (χ4n) is 1.48. The number of halogens is 2. The molecule has 1 rings (SSSR count). The molecule has 1 aromatic carbocycles. The second-order valence-corrected chi connectivity index (χ2v) is 5.34. The van der Waals surface area contributed by atoms with Gasteiger partial charge in [0.2, 0.25) is 0 Å². The molecule has 0 amide bonds. The lowest BCUT2D eigenvalue weighted by Crippen LogP contribution is -2.06. The molecule has 1 atom stereocenters. The Morgan fingerprint density at radius 3 is 2.44 bits per heavy atom. The number of hydrogen-bond donors (Lipinski definition) is 0. The van der Waals surface area contributed by atoms with Gasteiger partial charge in [0.25, 0.3) is 0 Å². The van der Waals surface area contributed by atoms with E-state index in [0.29, 0.717) is 0 Å². The number of benzene rings is 1. The normalized spacial score (nSPS) is 12.7. The summed E-state index contributed by atoms with van der Waals surface area (Å²) in [6, 6.07) is 8.33. The van der Waals surface area contributed by atoms with Gasteiger partial charge in [0.15, 0.2) is 0 Å². The smallest absolute Gasteiger partial charge is 0.0921 e. The van der Waals surface area contributed by atoms with Crippen LogP contribution in [0.3, 0.4) is 0 Å². The van der Waals surface area contributed by atoms with E-state index in [-0.39, 0.29) is 6.10 Å². The van der Waals surface area contributed by atoms with Crippen molar-refractivity contribution in [2.24, 2.45) is 0 Å². The average Bonchev–Trinajstić information content (AvgIpc) is 2.31. The molecular formula is C13H18Br2O. The van der Waals surface area contributed by atoms with E-state index in [4.69, 9.17) is 4.74 Å². The quantitative estimate of drug-likeness (QED) is 0.492. The Morgan fingerprint density at radius 2 is 1.88 bits per heavy atom. The highest BCUT2D eigenvalue weighted by atomic mass is 79.9. The van der Waals surface area contributed by atoms with Crippen LogP contribution in [0.5, 0.6) is 0 Å². The first kappa shape index (κ1) is 14.2. The van der Waals surface area contributed by atoms with Crippen LogP contribution < -0.4 is 0 Å². The van der Waals surface area contributed by atoms with Gasteiger partial charge in [0, 0.05) is 16.4 Å². The van der Waals surface area contributed by atoms with Gasteiger partial charge in [-0.05, 0) is 24.1 Å². The second kappa shape index (κ2) is 8.26. The van der Waals surface area contributed by atoms with Crippen molar-refractivity contribution in [3.8, 4) is 0 Å². The zero-order valence-electron chi connectivity index (χ0n) is 9.59. The Hall–Kier alpha value is 0.140. The molecule has 0 aliphatic rings. The molecule has 0 saturated heterocycles. The molecule has 0 aliphatic carbocycles. The Labute approximate surface area is 115 Å². The molecule has 0 heterocycles. The minimum Gasteiger partial charge on any atom is -0.373 e. The third kappa shape index (κ3) is 4.98. The topological polar surface area (TPSA) is 9.23 Å². The van der Waals surface area contributed by atoms with Crippen molar-refractivity contribution in [1.29, 1.82) is 0 Å². The van der Waals surface area contributed by atoms with Crippen LogP contribution >= 0.6 is 31.9 Å². The zero-order chi connectivity index (χ0) is 11.8. The third-order valence-electron chi connectivity index (χ3n) is 2.45. The van der Waals surface area contributed by atoms with E-state index in [0.717, 1.165) is 22.8 Å². The van der Waals surface area contributed by atoms with E-state index in [1.165, 1.54) is 18.4 Å². The van der Waals surface area contributed by atoms with Crippen molar-refractivity contribution < 1.29 is 4.74 Å². The Balaban J connectivity index is 2.44. The Morgan fingerprint density at radius 1 is 1.19 bits per heavy atom. The van der Waals surface area contributed by atoms with Crippen molar-refractivity contribution in [3.63, 3.8) is 0 Å². The van der Waals surface area contributed by atoms with Crippen LogP contribution in [0.4, 0.5) is 0 Å². The average molecular weight is 350 g/mol. The first-order valence-electron chi connectivity index (χ1n) is 5.71. The number of ether oxygens (including phenoxy) is 1. The van der Waals surface area contributed by atoms with Gasteiger partial charge >= 0.3 is 0 Å². The van der Waals surface area contributed by atoms with Crippen molar-refractivity contribution >= 4 is 31.9 Å². The maximum atomic E-state index is 5.86. The maximum Gasteiger partial charge on any atom is 0.0921 e. The van der Waals surface area contributed by atoms with E-state index in [2.05, 4.69) is 63.0 Å². The maximum absolute atomic E-state index is 5.86. The van der Waals surface area contributed by atoms with E-state index in [1.54, 1.807) is 0 Å². The third-order valence-corrected chi connectivity index (χ3v) is 3.57. The summed E-state index contributed by atoms with van der Waals surface area (Å²) < 4.78 is 6.96. The molecule has 3 heteroatoms. The van der Waals surface area contributed by atoms with Crippen LogP contribution in [0.2, 0.25) is 0 Å². The number of unbranched alkanes of at least 4 members (excludes halogenated alkanes) is 2. The number of rotatable bonds is 7. The first-order valence-corrected chi connectivity index (χ1v) is 7.62. The lowest BCUT2D eigenvalue weighted by Gasteiger charge is -2.15. The highest BCUT2D eigenvalue weighted by molar-refractivity contribution is 9.10. The lowest BCUT2D eigenvalue weighted by molar-refractivity contribution is 0.0670. The van der Waals surface area contributed by atoms with E-state index < -0.39 is 0 Å². The monoisotopic (exact) mass is 348 g/mol. The summed E-state index contributed by atoms with van der Waals surface area (Å²) in [6.45, 7) is 3.05. The van der Waals surface area contributed by atoms with Gasteiger partial charge < -0.3 is 4.74 Å². The number of alkyl halides is 1. The molecule has 1 nitrogen and oxygen atoms in total. The summed E-state index contributed by atoms with van der Waals surface area (Å²) in [5.41, 5.74) is 1.23. The number of hydrogen-bond acceptors (Lipinski definition) is 1. The van der Waals surface area contributed by atoms with Crippen LogP contribution in [0, 0.1) is 0 Å². The Bertz CT molecular complexity index is 284. The summed E-state index contributed by atoms with van der Waals surface area (Å²) >= 11 is 6.94. The zero-order valence-corrected chi connectivity index (χ0v) is 12.8.